The first kappa shape index (κ1) is 21.1. The number of hydrogen-bond donors (Lipinski definition) is 1. The second-order valence-electron chi connectivity index (χ2n) is 8.16. The van der Waals surface area contributed by atoms with Crippen LogP contribution in [-0.4, -0.2) is 62.5 Å². The van der Waals surface area contributed by atoms with Gasteiger partial charge in [0.25, 0.3) is 0 Å². The van der Waals surface area contributed by atoms with E-state index in [1.807, 2.05) is 0 Å². The summed E-state index contributed by atoms with van der Waals surface area (Å²) < 4.78 is 11.8. The number of likely N-dealkylation sites (tertiary alicyclic amines) is 1. The van der Waals surface area contributed by atoms with E-state index in [2.05, 4.69) is 55.3 Å². The molecule has 2 heterocycles. The van der Waals surface area contributed by atoms with E-state index < -0.39 is 0 Å². The third-order valence-electron chi connectivity index (χ3n) is 5.78. The van der Waals surface area contributed by atoms with Gasteiger partial charge in [0, 0.05) is 38.7 Å². The lowest BCUT2D eigenvalue weighted by Crippen LogP contribution is -2.47. The minimum Gasteiger partial charge on any atom is -0.376 e. The lowest BCUT2D eigenvalue weighted by atomic mass is 10.0. The van der Waals surface area contributed by atoms with Crippen molar-refractivity contribution in [2.75, 3.05) is 39.4 Å². The van der Waals surface area contributed by atoms with E-state index >= 15 is 0 Å². The van der Waals surface area contributed by atoms with Crippen LogP contribution in [0.4, 0.5) is 0 Å². The maximum Gasteiger partial charge on any atom is 0.193 e. The molecule has 1 aromatic carbocycles. The molecule has 2 unspecified atom stereocenters. The van der Waals surface area contributed by atoms with Gasteiger partial charge in [-0.15, -0.1) is 0 Å². The fourth-order valence-electron chi connectivity index (χ4n) is 3.90. The number of rotatable bonds is 7. The molecule has 5 nitrogen and oxygen atoms in total. The highest BCUT2D eigenvalue weighted by Gasteiger charge is 2.24. The smallest absolute Gasteiger partial charge is 0.193 e. The molecule has 2 saturated heterocycles. The first-order valence-corrected chi connectivity index (χ1v) is 11.0. The number of ether oxygens (including phenoxy) is 2. The largest absolute Gasteiger partial charge is 0.376 e. The molecule has 156 valence electrons. The van der Waals surface area contributed by atoms with E-state index in [0.29, 0.717) is 18.1 Å². The molecule has 0 bridgehead atoms. The van der Waals surface area contributed by atoms with Gasteiger partial charge in [0.1, 0.15) is 0 Å². The predicted octanol–water partition coefficient (Wildman–Crippen LogP) is 3.72. The summed E-state index contributed by atoms with van der Waals surface area (Å²) in [7, 11) is 0. The Morgan fingerprint density at radius 1 is 1.25 bits per heavy atom. The summed E-state index contributed by atoms with van der Waals surface area (Å²) in [6.07, 6.45) is 5.12. The Labute approximate surface area is 170 Å². The number of hydrogen-bond acceptors (Lipinski definition) is 3. The number of nitrogens with one attached hydrogen (secondary N) is 1. The summed E-state index contributed by atoms with van der Waals surface area (Å²) in [5.41, 5.74) is 2.66. The highest BCUT2D eigenvalue weighted by Crippen LogP contribution is 2.19. The zero-order valence-electron chi connectivity index (χ0n) is 17.8. The van der Waals surface area contributed by atoms with Gasteiger partial charge in [-0.3, -0.25) is 4.99 Å². The van der Waals surface area contributed by atoms with Gasteiger partial charge in [-0.25, -0.2) is 0 Å². The Bertz CT molecular complexity index is 603. The highest BCUT2D eigenvalue weighted by molar-refractivity contribution is 5.80. The molecule has 28 heavy (non-hydrogen) atoms. The van der Waals surface area contributed by atoms with Crippen molar-refractivity contribution in [2.24, 2.45) is 4.99 Å². The van der Waals surface area contributed by atoms with Crippen LogP contribution in [-0.2, 0) is 9.47 Å². The average Bonchev–Trinajstić information content (AvgIpc) is 3.24. The number of aryl methyl sites for hydroxylation is 1. The third kappa shape index (κ3) is 6.21. The van der Waals surface area contributed by atoms with Crippen molar-refractivity contribution in [1.82, 2.24) is 10.2 Å². The van der Waals surface area contributed by atoms with Crippen LogP contribution in [0.25, 0.3) is 0 Å². The summed E-state index contributed by atoms with van der Waals surface area (Å²) in [5, 5.41) is 3.47. The SMILES string of the molecule is CCNC(=NCC(C)c1ccc(C)cc1)N1CCC(OCC2CCCO2)CC1. The van der Waals surface area contributed by atoms with Crippen molar-refractivity contribution < 1.29 is 9.47 Å². The van der Waals surface area contributed by atoms with Crippen molar-refractivity contribution in [3.63, 3.8) is 0 Å². The van der Waals surface area contributed by atoms with E-state index in [4.69, 9.17) is 14.5 Å². The summed E-state index contributed by atoms with van der Waals surface area (Å²) in [6.45, 7) is 11.9. The number of guanidine groups is 1. The maximum atomic E-state index is 6.11. The average molecular weight is 388 g/mol. The topological polar surface area (TPSA) is 46.1 Å². The monoisotopic (exact) mass is 387 g/mol. The second kappa shape index (κ2) is 10.8. The number of piperidine rings is 1. The standard InChI is InChI=1S/C23H37N3O2/c1-4-24-23(25-16-19(3)20-9-7-18(2)8-10-20)26-13-11-21(12-14-26)28-17-22-6-5-15-27-22/h7-10,19,21-22H,4-6,11-17H2,1-3H3,(H,24,25). The van der Waals surface area contributed by atoms with Crippen molar-refractivity contribution in [2.45, 2.75) is 64.6 Å². The molecule has 0 radical (unpaired) electrons. The molecule has 0 amide bonds. The Kier molecular flexibility index (Phi) is 8.16. The van der Waals surface area contributed by atoms with E-state index in [0.717, 1.165) is 64.6 Å². The Hall–Kier alpha value is -1.59. The fraction of sp³-hybridized carbons (Fsp3) is 0.696. The highest BCUT2D eigenvalue weighted by atomic mass is 16.5. The van der Waals surface area contributed by atoms with Gasteiger partial charge in [0.15, 0.2) is 5.96 Å². The van der Waals surface area contributed by atoms with E-state index in [1.165, 1.54) is 17.5 Å². The normalized spacial score (nSPS) is 22.5. The van der Waals surface area contributed by atoms with Gasteiger partial charge in [-0.05, 0) is 45.1 Å². The molecule has 0 saturated carbocycles. The summed E-state index contributed by atoms with van der Waals surface area (Å²) in [4.78, 5) is 7.33. The lowest BCUT2D eigenvalue weighted by molar-refractivity contribution is -0.0367. The molecule has 1 aromatic rings. The van der Waals surface area contributed by atoms with E-state index in [9.17, 15) is 0 Å². The van der Waals surface area contributed by atoms with Crippen molar-refractivity contribution in [3.05, 3.63) is 35.4 Å². The van der Waals surface area contributed by atoms with Crippen LogP contribution in [0.15, 0.2) is 29.3 Å². The van der Waals surface area contributed by atoms with Crippen LogP contribution in [0.5, 0.6) is 0 Å². The van der Waals surface area contributed by atoms with Crippen molar-refractivity contribution in [3.8, 4) is 0 Å². The fourth-order valence-corrected chi connectivity index (χ4v) is 3.90. The Morgan fingerprint density at radius 3 is 2.64 bits per heavy atom. The molecule has 0 spiro atoms. The molecule has 2 atom stereocenters. The van der Waals surface area contributed by atoms with Gasteiger partial charge in [-0.2, -0.15) is 0 Å². The number of nitrogens with zero attached hydrogens (tertiary/aromatic N) is 2. The van der Waals surface area contributed by atoms with Gasteiger partial charge < -0.3 is 19.7 Å². The minimum atomic E-state index is 0.320. The minimum absolute atomic E-state index is 0.320. The van der Waals surface area contributed by atoms with Gasteiger partial charge in [0.05, 0.1) is 18.8 Å². The first-order valence-electron chi connectivity index (χ1n) is 11.0. The van der Waals surface area contributed by atoms with Crippen molar-refractivity contribution in [1.29, 1.82) is 0 Å². The zero-order chi connectivity index (χ0) is 19.8. The van der Waals surface area contributed by atoms with Crippen LogP contribution in [0, 0.1) is 6.92 Å². The first-order chi connectivity index (χ1) is 13.7. The molecule has 2 aliphatic heterocycles. The molecule has 3 rings (SSSR count). The molecule has 5 heteroatoms. The number of aliphatic imine (C=N–C) groups is 1. The maximum absolute atomic E-state index is 6.11. The molecular formula is C23H37N3O2. The zero-order valence-corrected chi connectivity index (χ0v) is 17.8. The Morgan fingerprint density at radius 2 is 2.00 bits per heavy atom. The summed E-state index contributed by atoms with van der Waals surface area (Å²) in [5.74, 6) is 1.46. The van der Waals surface area contributed by atoms with Crippen LogP contribution >= 0.6 is 0 Å². The van der Waals surface area contributed by atoms with Crippen molar-refractivity contribution >= 4 is 5.96 Å². The van der Waals surface area contributed by atoms with Gasteiger partial charge in [-0.1, -0.05) is 36.8 Å². The summed E-state index contributed by atoms with van der Waals surface area (Å²) >= 11 is 0. The van der Waals surface area contributed by atoms with E-state index in [-0.39, 0.29) is 0 Å². The molecule has 0 aliphatic carbocycles. The van der Waals surface area contributed by atoms with Gasteiger partial charge in [0.2, 0.25) is 0 Å². The summed E-state index contributed by atoms with van der Waals surface area (Å²) in [6, 6.07) is 8.81. The third-order valence-corrected chi connectivity index (χ3v) is 5.78. The second-order valence-corrected chi connectivity index (χ2v) is 8.16. The lowest BCUT2D eigenvalue weighted by Gasteiger charge is -2.34. The van der Waals surface area contributed by atoms with Crippen LogP contribution in [0.1, 0.15) is 56.6 Å². The quantitative estimate of drug-likeness (QED) is 0.572. The molecule has 2 fully saturated rings. The van der Waals surface area contributed by atoms with Crippen LogP contribution in [0.2, 0.25) is 0 Å². The molecule has 2 aliphatic rings. The molecule has 0 aromatic heterocycles. The molecule has 1 N–H and O–H groups in total. The Balaban J connectivity index is 1.47. The van der Waals surface area contributed by atoms with Gasteiger partial charge >= 0.3 is 0 Å². The van der Waals surface area contributed by atoms with Crippen LogP contribution < -0.4 is 5.32 Å². The number of benzene rings is 1. The van der Waals surface area contributed by atoms with Crippen LogP contribution in [0.3, 0.4) is 0 Å². The van der Waals surface area contributed by atoms with E-state index in [1.54, 1.807) is 0 Å². The molecular weight excluding hydrogens is 350 g/mol. The predicted molar refractivity (Wildman–Crippen MR) is 115 cm³/mol.